The highest BCUT2D eigenvalue weighted by Crippen LogP contribution is 2.70. The van der Waals surface area contributed by atoms with Gasteiger partial charge in [-0.1, -0.05) is 6.92 Å². The molecule has 5 fully saturated rings. The Balaban J connectivity index is 1.24. The minimum Gasteiger partial charge on any atom is -0.458 e. The normalized spacial score (nSPS) is 55.2. The third-order valence-electron chi connectivity index (χ3n) is 11.6. The van der Waals surface area contributed by atoms with Crippen LogP contribution in [0.2, 0.25) is 0 Å². The van der Waals surface area contributed by atoms with E-state index in [1.165, 1.54) is 0 Å². The molecule has 9 heteroatoms. The van der Waals surface area contributed by atoms with Crippen LogP contribution in [0.5, 0.6) is 0 Å². The second-order valence-electron chi connectivity index (χ2n) is 12.9. The van der Waals surface area contributed by atoms with Gasteiger partial charge in [-0.15, -0.1) is 0 Å². The van der Waals surface area contributed by atoms with Gasteiger partial charge in [0.05, 0.1) is 28.8 Å². The fourth-order valence-corrected chi connectivity index (χ4v) is 9.55. The van der Waals surface area contributed by atoms with E-state index in [4.69, 9.17) is 14.2 Å². The summed E-state index contributed by atoms with van der Waals surface area (Å²) in [6, 6.07) is 0. The molecule has 0 bridgehead atoms. The van der Waals surface area contributed by atoms with Crippen LogP contribution in [0.15, 0.2) is 11.6 Å². The second-order valence-corrected chi connectivity index (χ2v) is 12.9. The summed E-state index contributed by atoms with van der Waals surface area (Å²) in [5.74, 6) is -0.512. The maximum Gasteiger partial charge on any atom is 0.331 e. The van der Waals surface area contributed by atoms with Crippen molar-refractivity contribution in [1.82, 2.24) is 0 Å². The van der Waals surface area contributed by atoms with Gasteiger partial charge < -0.3 is 39.4 Å². The Hall–Kier alpha value is -1.36. The van der Waals surface area contributed by atoms with Crippen molar-refractivity contribution < 1.29 is 44.2 Å². The molecule has 37 heavy (non-hydrogen) atoms. The number of aliphatic hydroxyl groups excluding tert-OH is 2. The van der Waals surface area contributed by atoms with Crippen LogP contribution in [-0.2, 0) is 23.8 Å². The van der Waals surface area contributed by atoms with Crippen molar-refractivity contribution in [2.75, 3.05) is 6.61 Å². The van der Waals surface area contributed by atoms with E-state index in [2.05, 4.69) is 6.92 Å². The number of rotatable bonds is 4. The molecule has 6 rings (SSSR count). The monoisotopic (exact) mass is 520 g/mol. The number of aldehydes is 1. The lowest BCUT2D eigenvalue weighted by molar-refractivity contribution is -0.265. The molecule has 1 saturated heterocycles. The molecule has 206 valence electrons. The van der Waals surface area contributed by atoms with E-state index in [0.717, 1.165) is 24.7 Å². The maximum atomic E-state index is 12.9. The van der Waals surface area contributed by atoms with Crippen molar-refractivity contribution in [3.05, 3.63) is 11.6 Å². The molecule has 12 unspecified atom stereocenters. The predicted molar refractivity (Wildman–Crippen MR) is 129 cm³/mol. The molecule has 0 spiro atoms. The number of esters is 1. The zero-order chi connectivity index (χ0) is 26.4. The molecule has 9 nitrogen and oxygen atoms in total. The van der Waals surface area contributed by atoms with E-state index in [0.29, 0.717) is 38.5 Å². The smallest absolute Gasteiger partial charge is 0.331 e. The summed E-state index contributed by atoms with van der Waals surface area (Å²) in [6.07, 6.45) is 3.45. The molecule has 0 amide bonds. The summed E-state index contributed by atoms with van der Waals surface area (Å²) in [5.41, 5.74) is -2.68. The van der Waals surface area contributed by atoms with Gasteiger partial charge >= 0.3 is 5.97 Å². The lowest BCUT2D eigenvalue weighted by Crippen LogP contribution is -2.69. The number of cyclic esters (lactones) is 1. The maximum absolute atomic E-state index is 12.9. The van der Waals surface area contributed by atoms with E-state index in [1.54, 1.807) is 13.0 Å². The van der Waals surface area contributed by atoms with Crippen LogP contribution in [0.1, 0.15) is 71.6 Å². The molecule has 4 aliphatic carbocycles. The van der Waals surface area contributed by atoms with Gasteiger partial charge in [0.2, 0.25) is 0 Å². The summed E-state index contributed by atoms with van der Waals surface area (Å²) < 4.78 is 16.8. The molecule has 0 aromatic rings. The Kier molecular flexibility index (Phi) is 6.00. The SMILES string of the molecule is CC1OC(OC2CCC3(C=O)C4CCC5(C)C(C6=CC(=O)OC6)CCC5(O)C4CCC3(O)C2)C(O)C1O. The molecule has 2 heterocycles. The molecule has 0 radical (unpaired) electrons. The van der Waals surface area contributed by atoms with Crippen LogP contribution < -0.4 is 0 Å². The molecule has 4 N–H and O–H groups in total. The van der Waals surface area contributed by atoms with E-state index >= 15 is 0 Å². The number of hydrogen-bond acceptors (Lipinski definition) is 9. The van der Waals surface area contributed by atoms with Gasteiger partial charge in [0.25, 0.3) is 0 Å². The third kappa shape index (κ3) is 3.44. The Labute approximate surface area is 217 Å². The molecular weight excluding hydrogens is 480 g/mol. The van der Waals surface area contributed by atoms with Gasteiger partial charge in [0.1, 0.15) is 25.1 Å². The first-order chi connectivity index (χ1) is 17.5. The van der Waals surface area contributed by atoms with E-state index < -0.39 is 52.7 Å². The van der Waals surface area contributed by atoms with Crippen molar-refractivity contribution >= 4 is 12.3 Å². The molecule has 6 aliphatic rings. The highest BCUT2D eigenvalue weighted by molar-refractivity contribution is 5.85. The van der Waals surface area contributed by atoms with Gasteiger partial charge in [-0.05, 0) is 81.6 Å². The van der Waals surface area contributed by atoms with E-state index in [-0.39, 0.29) is 36.8 Å². The van der Waals surface area contributed by atoms with Gasteiger partial charge in [0, 0.05) is 17.9 Å². The van der Waals surface area contributed by atoms with Gasteiger partial charge in [-0.3, -0.25) is 0 Å². The van der Waals surface area contributed by atoms with Crippen molar-refractivity contribution in [3.8, 4) is 0 Å². The number of carbonyl (C=O) groups is 2. The Morgan fingerprint density at radius 1 is 1.03 bits per heavy atom. The molecule has 0 aromatic heterocycles. The van der Waals surface area contributed by atoms with Gasteiger partial charge in [-0.2, -0.15) is 0 Å². The van der Waals surface area contributed by atoms with Gasteiger partial charge in [0.15, 0.2) is 6.29 Å². The standard InChI is InChI=1S/C28H40O9/c1-15-22(31)23(32)24(36-15)37-17-3-8-26(14-29)19-4-7-25(2)18(16-11-21(30)35-13-16)6-10-28(25,34)20(19)5-9-27(26,33)12-17/h11,14-15,17-20,22-24,31-34H,3-10,12-13H2,1-2H3. The summed E-state index contributed by atoms with van der Waals surface area (Å²) in [7, 11) is 0. The quantitative estimate of drug-likeness (QED) is 0.319. The van der Waals surface area contributed by atoms with Crippen LogP contribution in [0, 0.1) is 28.6 Å². The fraction of sp³-hybridized carbons (Fsp3) is 0.857. The topological polar surface area (TPSA) is 143 Å². The molecule has 2 aliphatic heterocycles. The van der Waals surface area contributed by atoms with Crippen molar-refractivity contribution in [2.45, 2.75) is 114 Å². The minimum atomic E-state index is -1.27. The average molecular weight is 521 g/mol. The second kappa shape index (κ2) is 8.57. The van der Waals surface area contributed by atoms with Crippen LogP contribution in [0.25, 0.3) is 0 Å². The number of aliphatic hydroxyl groups is 4. The van der Waals surface area contributed by atoms with Crippen molar-refractivity contribution in [1.29, 1.82) is 0 Å². The zero-order valence-electron chi connectivity index (χ0n) is 21.7. The average Bonchev–Trinajstić information content (AvgIpc) is 3.48. The number of carbonyl (C=O) groups excluding carboxylic acids is 2. The lowest BCUT2D eigenvalue weighted by atomic mass is 9.41. The van der Waals surface area contributed by atoms with Crippen molar-refractivity contribution in [2.24, 2.45) is 28.6 Å². The number of hydrogen-bond donors (Lipinski definition) is 4. The minimum absolute atomic E-state index is 0.0672. The zero-order valence-corrected chi connectivity index (χ0v) is 21.7. The van der Waals surface area contributed by atoms with Crippen LogP contribution in [-0.4, -0.2) is 81.2 Å². The Morgan fingerprint density at radius 2 is 1.78 bits per heavy atom. The van der Waals surface area contributed by atoms with E-state index in [9.17, 15) is 30.0 Å². The van der Waals surface area contributed by atoms with Crippen LogP contribution >= 0.6 is 0 Å². The number of fused-ring (bicyclic) bond motifs is 5. The molecule has 0 aromatic carbocycles. The molecule has 4 saturated carbocycles. The fourth-order valence-electron chi connectivity index (χ4n) is 9.55. The Bertz CT molecular complexity index is 998. The number of ether oxygens (including phenoxy) is 3. The summed E-state index contributed by atoms with van der Waals surface area (Å²) in [5, 5.41) is 44.7. The highest BCUT2D eigenvalue weighted by Gasteiger charge is 2.71. The van der Waals surface area contributed by atoms with E-state index in [1.807, 2.05) is 0 Å². The lowest BCUT2D eigenvalue weighted by Gasteiger charge is -2.65. The summed E-state index contributed by atoms with van der Waals surface area (Å²) >= 11 is 0. The summed E-state index contributed by atoms with van der Waals surface area (Å²) in [4.78, 5) is 24.7. The predicted octanol–water partition coefficient (Wildman–Crippen LogP) is 1.39. The van der Waals surface area contributed by atoms with Crippen LogP contribution in [0.4, 0.5) is 0 Å². The first-order valence-corrected chi connectivity index (χ1v) is 13.9. The third-order valence-corrected chi connectivity index (χ3v) is 11.6. The first kappa shape index (κ1) is 25.9. The largest absolute Gasteiger partial charge is 0.458 e. The molecule has 12 atom stereocenters. The van der Waals surface area contributed by atoms with Crippen LogP contribution in [0.3, 0.4) is 0 Å². The highest BCUT2D eigenvalue weighted by atomic mass is 16.7. The first-order valence-electron chi connectivity index (χ1n) is 13.9. The van der Waals surface area contributed by atoms with Crippen molar-refractivity contribution in [3.63, 3.8) is 0 Å². The van der Waals surface area contributed by atoms with Gasteiger partial charge in [-0.25, -0.2) is 4.79 Å². The molecular formula is C28H40O9. The Morgan fingerprint density at radius 3 is 2.43 bits per heavy atom. The summed E-state index contributed by atoms with van der Waals surface area (Å²) in [6.45, 7) is 4.09.